The fourth-order valence-corrected chi connectivity index (χ4v) is 2.85. The van der Waals surface area contributed by atoms with Crippen LogP contribution >= 0.6 is 11.6 Å². The Balaban J connectivity index is 1.56. The third-order valence-corrected chi connectivity index (χ3v) is 4.16. The third kappa shape index (κ3) is 3.99. The topological polar surface area (TPSA) is 49.3 Å². The maximum Gasteiger partial charge on any atom is 0.227 e. The van der Waals surface area contributed by atoms with Crippen LogP contribution in [0.15, 0.2) is 36.7 Å². The zero-order valence-electron chi connectivity index (χ0n) is 13.1. The van der Waals surface area contributed by atoms with E-state index in [0.717, 1.165) is 30.2 Å². The van der Waals surface area contributed by atoms with Crippen molar-refractivity contribution in [2.45, 2.75) is 13.3 Å². The molecule has 6 heteroatoms. The van der Waals surface area contributed by atoms with Crippen molar-refractivity contribution in [2.24, 2.45) is 0 Å². The van der Waals surface area contributed by atoms with E-state index in [1.807, 2.05) is 48.5 Å². The Morgan fingerprint density at radius 3 is 2.52 bits per heavy atom. The number of carbonyl (C=O) groups excluding carboxylic acids is 1. The molecule has 0 radical (unpaired) electrons. The molecule has 1 amide bonds. The number of piperazine rings is 1. The van der Waals surface area contributed by atoms with Crippen molar-refractivity contribution in [3.8, 4) is 0 Å². The number of aryl methyl sites for hydroxylation is 1. The van der Waals surface area contributed by atoms with Gasteiger partial charge < -0.3 is 9.80 Å². The molecule has 23 heavy (non-hydrogen) atoms. The molecule has 3 rings (SSSR count). The second-order valence-electron chi connectivity index (χ2n) is 5.73. The predicted molar refractivity (Wildman–Crippen MR) is 90.7 cm³/mol. The van der Waals surface area contributed by atoms with Crippen molar-refractivity contribution in [1.29, 1.82) is 0 Å². The van der Waals surface area contributed by atoms with Crippen molar-refractivity contribution in [1.82, 2.24) is 14.9 Å². The fraction of sp³-hybridized carbons (Fsp3) is 0.353. The number of nitrogens with zero attached hydrogens (tertiary/aromatic N) is 4. The van der Waals surface area contributed by atoms with E-state index in [1.165, 1.54) is 0 Å². The van der Waals surface area contributed by atoms with Crippen LogP contribution in [0.1, 0.15) is 11.1 Å². The normalized spacial score (nSPS) is 14.9. The van der Waals surface area contributed by atoms with Gasteiger partial charge in [-0.2, -0.15) is 0 Å². The molecule has 5 nitrogen and oxygen atoms in total. The van der Waals surface area contributed by atoms with Gasteiger partial charge in [-0.05, 0) is 30.2 Å². The summed E-state index contributed by atoms with van der Waals surface area (Å²) >= 11 is 5.97. The lowest BCUT2D eigenvalue weighted by Crippen LogP contribution is -2.49. The van der Waals surface area contributed by atoms with Gasteiger partial charge in [0.2, 0.25) is 11.9 Å². The SMILES string of the molecule is Cc1cnc(N2CCN(C(=O)Cc3cccc(Cl)c3)CC2)nc1. The first-order valence-corrected chi connectivity index (χ1v) is 8.05. The Hall–Kier alpha value is -2.14. The zero-order valence-corrected chi connectivity index (χ0v) is 13.8. The minimum absolute atomic E-state index is 0.136. The Morgan fingerprint density at radius 1 is 1.17 bits per heavy atom. The largest absolute Gasteiger partial charge is 0.339 e. The molecule has 1 aromatic heterocycles. The van der Waals surface area contributed by atoms with Crippen LogP contribution in [0.2, 0.25) is 5.02 Å². The molecule has 2 aromatic rings. The summed E-state index contributed by atoms with van der Waals surface area (Å²) < 4.78 is 0. The quantitative estimate of drug-likeness (QED) is 0.866. The molecular formula is C17H19ClN4O. The molecule has 0 unspecified atom stereocenters. The Kier molecular flexibility index (Phi) is 4.76. The van der Waals surface area contributed by atoms with Crippen molar-refractivity contribution < 1.29 is 4.79 Å². The summed E-state index contributed by atoms with van der Waals surface area (Å²) in [7, 11) is 0. The monoisotopic (exact) mass is 330 g/mol. The Bertz CT molecular complexity index is 681. The van der Waals surface area contributed by atoms with Gasteiger partial charge in [0.15, 0.2) is 0 Å². The second kappa shape index (κ2) is 6.96. The fourth-order valence-electron chi connectivity index (χ4n) is 2.64. The van der Waals surface area contributed by atoms with Crippen molar-refractivity contribution in [3.05, 3.63) is 52.8 Å². The van der Waals surface area contributed by atoms with E-state index in [0.29, 0.717) is 24.5 Å². The summed E-state index contributed by atoms with van der Waals surface area (Å²) in [6.45, 7) is 4.86. The number of halogens is 1. The van der Waals surface area contributed by atoms with E-state index in [1.54, 1.807) is 0 Å². The van der Waals surface area contributed by atoms with Gasteiger partial charge >= 0.3 is 0 Å². The highest BCUT2D eigenvalue weighted by molar-refractivity contribution is 6.30. The lowest BCUT2D eigenvalue weighted by molar-refractivity contribution is -0.130. The van der Waals surface area contributed by atoms with Gasteiger partial charge in [0, 0.05) is 43.6 Å². The minimum Gasteiger partial charge on any atom is -0.339 e. The highest BCUT2D eigenvalue weighted by atomic mass is 35.5. The van der Waals surface area contributed by atoms with Crippen LogP contribution in [-0.4, -0.2) is 47.0 Å². The highest BCUT2D eigenvalue weighted by Gasteiger charge is 2.22. The average Bonchev–Trinajstić information content (AvgIpc) is 2.56. The standard InChI is InChI=1S/C17H19ClN4O/c1-13-11-19-17(20-12-13)22-7-5-21(6-8-22)16(23)10-14-3-2-4-15(18)9-14/h2-4,9,11-12H,5-8,10H2,1H3. The van der Waals surface area contributed by atoms with Crippen LogP contribution in [-0.2, 0) is 11.2 Å². The summed E-state index contributed by atoms with van der Waals surface area (Å²) in [5.74, 6) is 0.870. The predicted octanol–water partition coefficient (Wildman–Crippen LogP) is 2.33. The number of benzene rings is 1. The third-order valence-electron chi connectivity index (χ3n) is 3.93. The van der Waals surface area contributed by atoms with Gasteiger partial charge in [-0.25, -0.2) is 9.97 Å². The zero-order chi connectivity index (χ0) is 16.2. The Labute approximate surface area is 140 Å². The van der Waals surface area contributed by atoms with Crippen LogP contribution in [0.3, 0.4) is 0 Å². The van der Waals surface area contributed by atoms with Crippen molar-refractivity contribution in [2.75, 3.05) is 31.1 Å². The summed E-state index contributed by atoms with van der Waals surface area (Å²) in [5, 5.41) is 0.664. The summed E-state index contributed by atoms with van der Waals surface area (Å²) in [6.07, 6.45) is 4.03. The van der Waals surface area contributed by atoms with Gasteiger partial charge in [0.1, 0.15) is 0 Å². The average molecular weight is 331 g/mol. The number of hydrogen-bond acceptors (Lipinski definition) is 4. The molecule has 1 saturated heterocycles. The molecule has 0 spiro atoms. The van der Waals surface area contributed by atoms with Gasteiger partial charge in [0.05, 0.1) is 6.42 Å². The van der Waals surface area contributed by atoms with Gasteiger partial charge in [-0.3, -0.25) is 4.79 Å². The maximum atomic E-state index is 12.4. The number of carbonyl (C=O) groups is 1. The number of amides is 1. The molecule has 0 bridgehead atoms. The van der Waals surface area contributed by atoms with E-state index in [2.05, 4.69) is 14.9 Å². The van der Waals surface area contributed by atoms with E-state index in [4.69, 9.17) is 11.6 Å². The van der Waals surface area contributed by atoms with Crippen LogP contribution in [0.5, 0.6) is 0 Å². The van der Waals surface area contributed by atoms with Crippen molar-refractivity contribution in [3.63, 3.8) is 0 Å². The van der Waals surface area contributed by atoms with E-state index >= 15 is 0 Å². The first kappa shape index (κ1) is 15.7. The lowest BCUT2D eigenvalue weighted by Gasteiger charge is -2.34. The van der Waals surface area contributed by atoms with Crippen LogP contribution < -0.4 is 4.90 Å². The molecule has 0 atom stereocenters. The Morgan fingerprint density at radius 2 is 1.87 bits per heavy atom. The molecule has 0 aliphatic carbocycles. The molecule has 1 aromatic carbocycles. The van der Waals surface area contributed by atoms with E-state index in [9.17, 15) is 4.79 Å². The smallest absolute Gasteiger partial charge is 0.227 e. The number of hydrogen-bond donors (Lipinski definition) is 0. The van der Waals surface area contributed by atoms with Crippen LogP contribution in [0.4, 0.5) is 5.95 Å². The molecule has 1 aliphatic rings. The molecule has 0 saturated carbocycles. The first-order valence-electron chi connectivity index (χ1n) is 7.67. The number of aromatic nitrogens is 2. The van der Waals surface area contributed by atoms with Crippen LogP contribution in [0.25, 0.3) is 0 Å². The van der Waals surface area contributed by atoms with Gasteiger partial charge in [-0.1, -0.05) is 23.7 Å². The van der Waals surface area contributed by atoms with Gasteiger partial charge in [0.25, 0.3) is 0 Å². The van der Waals surface area contributed by atoms with Crippen LogP contribution in [0, 0.1) is 6.92 Å². The first-order chi connectivity index (χ1) is 11.1. The summed E-state index contributed by atoms with van der Waals surface area (Å²) in [6, 6.07) is 7.46. The van der Waals surface area contributed by atoms with Crippen molar-refractivity contribution >= 4 is 23.5 Å². The number of rotatable bonds is 3. The molecule has 1 fully saturated rings. The summed E-state index contributed by atoms with van der Waals surface area (Å²) in [5.41, 5.74) is 2.00. The van der Waals surface area contributed by atoms with E-state index < -0.39 is 0 Å². The highest BCUT2D eigenvalue weighted by Crippen LogP contribution is 2.14. The molecule has 1 aliphatic heterocycles. The molecule has 120 valence electrons. The molecular weight excluding hydrogens is 312 g/mol. The second-order valence-corrected chi connectivity index (χ2v) is 6.17. The molecule has 2 heterocycles. The summed E-state index contributed by atoms with van der Waals surface area (Å²) in [4.78, 5) is 25.1. The minimum atomic E-state index is 0.136. The maximum absolute atomic E-state index is 12.4. The van der Waals surface area contributed by atoms with E-state index in [-0.39, 0.29) is 5.91 Å². The molecule has 0 N–H and O–H groups in total. The van der Waals surface area contributed by atoms with Gasteiger partial charge in [-0.15, -0.1) is 0 Å². The lowest BCUT2D eigenvalue weighted by atomic mass is 10.1. The number of anilines is 1.